The lowest BCUT2D eigenvalue weighted by Gasteiger charge is -2.60. The smallest absolute Gasteiger partial charge is 0.148 e. The van der Waals surface area contributed by atoms with Crippen LogP contribution in [0.1, 0.15) is 77.6 Å². The van der Waals surface area contributed by atoms with Crippen LogP contribution in [0, 0.1) is 34.5 Å². The molecule has 4 rings (SSSR count). The fraction of sp³-hybridized carbons (Fsp3) is 1.00. The molecule has 6 atom stereocenters. The molecule has 0 saturated heterocycles. The third-order valence-corrected chi connectivity index (χ3v) is 9.76. The Balaban J connectivity index is 1.63. The molecule has 0 bridgehead atoms. The fourth-order valence-electron chi connectivity index (χ4n) is 7.86. The number of hydrogen-bond acceptors (Lipinski definition) is 2. The molecule has 0 heterocycles. The number of fused-ring (bicyclic) bond motifs is 5. The van der Waals surface area contributed by atoms with Crippen LogP contribution in [0.5, 0.6) is 0 Å². The molecule has 0 aliphatic heterocycles. The van der Waals surface area contributed by atoms with Gasteiger partial charge in [0.1, 0.15) is 9.84 Å². The predicted octanol–water partition coefficient (Wildman–Crippen LogP) is 4.83. The topological polar surface area (TPSA) is 34.1 Å². The summed E-state index contributed by atoms with van der Waals surface area (Å²) in [6.07, 6.45) is 16.3. The quantitative estimate of drug-likeness (QED) is 0.722. The summed E-state index contributed by atoms with van der Waals surface area (Å²) in [5, 5.41) is 0. The minimum absolute atomic E-state index is 0.145. The van der Waals surface area contributed by atoms with E-state index in [2.05, 4.69) is 6.92 Å². The monoisotopic (exact) mass is 338 g/mol. The van der Waals surface area contributed by atoms with Gasteiger partial charge in [-0.05, 0) is 85.9 Å². The summed E-state index contributed by atoms with van der Waals surface area (Å²) in [7, 11) is -2.86. The van der Waals surface area contributed by atoms with E-state index in [4.69, 9.17) is 0 Å². The summed E-state index contributed by atoms with van der Waals surface area (Å²) in [4.78, 5) is 0. The Morgan fingerprint density at radius 2 is 1.70 bits per heavy atom. The Bertz CT molecular complexity index is 568. The van der Waals surface area contributed by atoms with Gasteiger partial charge in [0.15, 0.2) is 0 Å². The van der Waals surface area contributed by atoms with Gasteiger partial charge < -0.3 is 0 Å². The van der Waals surface area contributed by atoms with Crippen LogP contribution < -0.4 is 0 Å². The number of rotatable bonds is 2. The summed E-state index contributed by atoms with van der Waals surface area (Å²) in [5.74, 6) is 3.84. The molecule has 0 N–H and O–H groups in total. The third kappa shape index (κ3) is 2.60. The van der Waals surface area contributed by atoms with Crippen molar-refractivity contribution in [2.45, 2.75) is 77.6 Å². The van der Waals surface area contributed by atoms with Gasteiger partial charge in [0.25, 0.3) is 0 Å². The van der Waals surface area contributed by atoms with Crippen molar-refractivity contribution in [3.63, 3.8) is 0 Å². The van der Waals surface area contributed by atoms with E-state index in [1.807, 2.05) is 0 Å². The highest BCUT2D eigenvalue weighted by atomic mass is 32.2. The van der Waals surface area contributed by atoms with E-state index < -0.39 is 9.84 Å². The van der Waals surface area contributed by atoms with Crippen LogP contribution in [0.4, 0.5) is 0 Å². The Labute approximate surface area is 142 Å². The van der Waals surface area contributed by atoms with Crippen molar-refractivity contribution < 1.29 is 8.42 Å². The van der Waals surface area contributed by atoms with Gasteiger partial charge in [-0.1, -0.05) is 26.2 Å². The fourth-order valence-corrected chi connectivity index (χ4v) is 9.41. The maximum Gasteiger partial charge on any atom is 0.148 e. The summed E-state index contributed by atoms with van der Waals surface area (Å²) in [5.41, 5.74) is 0.716. The van der Waals surface area contributed by atoms with Crippen LogP contribution >= 0.6 is 0 Å². The van der Waals surface area contributed by atoms with Crippen molar-refractivity contribution in [3.05, 3.63) is 0 Å². The first-order valence-corrected chi connectivity index (χ1v) is 12.1. The highest BCUT2D eigenvalue weighted by molar-refractivity contribution is 7.90. The van der Waals surface area contributed by atoms with Gasteiger partial charge in [0, 0.05) is 6.26 Å². The van der Waals surface area contributed by atoms with E-state index in [9.17, 15) is 8.42 Å². The summed E-state index contributed by atoms with van der Waals surface area (Å²) >= 11 is 0. The van der Waals surface area contributed by atoms with E-state index in [0.29, 0.717) is 17.1 Å². The van der Waals surface area contributed by atoms with Gasteiger partial charge in [-0.25, -0.2) is 8.42 Å². The van der Waals surface area contributed by atoms with E-state index in [0.717, 1.165) is 17.8 Å². The lowest BCUT2D eigenvalue weighted by molar-refractivity contribution is -0.102. The first-order chi connectivity index (χ1) is 10.8. The molecule has 0 aromatic rings. The van der Waals surface area contributed by atoms with Crippen LogP contribution in [0.3, 0.4) is 0 Å². The highest BCUT2D eigenvalue weighted by Crippen LogP contribution is 2.66. The molecule has 0 unspecified atom stereocenters. The second-order valence-electron chi connectivity index (χ2n) is 9.77. The summed E-state index contributed by atoms with van der Waals surface area (Å²) < 4.78 is 24.2. The normalized spacial score (nSPS) is 50.0. The van der Waals surface area contributed by atoms with Gasteiger partial charge in [0.2, 0.25) is 0 Å². The molecular formula is C20H34O2S. The van der Waals surface area contributed by atoms with Crippen molar-refractivity contribution in [2.24, 2.45) is 34.5 Å². The Kier molecular flexibility index (Phi) is 3.91. The lowest BCUT2D eigenvalue weighted by atomic mass is 9.45. The Morgan fingerprint density at radius 3 is 2.48 bits per heavy atom. The zero-order valence-electron chi connectivity index (χ0n) is 15.0. The van der Waals surface area contributed by atoms with Gasteiger partial charge >= 0.3 is 0 Å². The van der Waals surface area contributed by atoms with E-state index >= 15 is 0 Å². The number of hydrogen-bond donors (Lipinski definition) is 0. The van der Waals surface area contributed by atoms with Gasteiger partial charge in [-0.15, -0.1) is 0 Å². The molecule has 0 spiro atoms. The van der Waals surface area contributed by atoms with E-state index in [-0.39, 0.29) is 5.41 Å². The van der Waals surface area contributed by atoms with Crippen molar-refractivity contribution in [2.75, 3.05) is 12.0 Å². The Morgan fingerprint density at radius 1 is 0.870 bits per heavy atom. The average Bonchev–Trinajstić information content (AvgIpc) is 2.88. The minimum atomic E-state index is -2.86. The standard InChI is InChI=1S/C20H34O2S/c1-19-11-4-3-6-15(19)8-9-16-17(19)10-13-20(14-23(2,21)22)12-5-7-18(16)20/h15-18H,3-14H2,1-2H3/t15-,16-,17+,18+,19+,20+/m1/s1. The van der Waals surface area contributed by atoms with Gasteiger partial charge in [0.05, 0.1) is 5.75 Å². The van der Waals surface area contributed by atoms with Crippen LogP contribution in [0.2, 0.25) is 0 Å². The predicted molar refractivity (Wildman–Crippen MR) is 95.0 cm³/mol. The molecule has 0 aromatic heterocycles. The third-order valence-electron chi connectivity index (χ3n) is 8.66. The average molecular weight is 339 g/mol. The molecule has 132 valence electrons. The molecule has 3 heteroatoms. The van der Waals surface area contributed by atoms with Crippen molar-refractivity contribution >= 4 is 9.84 Å². The molecule has 0 radical (unpaired) electrons. The highest BCUT2D eigenvalue weighted by Gasteiger charge is 2.59. The molecule has 4 fully saturated rings. The number of sulfone groups is 1. The second-order valence-corrected chi connectivity index (χ2v) is 11.9. The molecular weight excluding hydrogens is 304 g/mol. The molecule has 0 aromatic carbocycles. The van der Waals surface area contributed by atoms with E-state index in [1.54, 1.807) is 0 Å². The zero-order valence-corrected chi connectivity index (χ0v) is 15.8. The second kappa shape index (κ2) is 5.47. The first kappa shape index (κ1) is 16.4. The molecule has 4 aliphatic carbocycles. The van der Waals surface area contributed by atoms with E-state index in [1.165, 1.54) is 76.9 Å². The SMILES string of the molecule is C[C@]12CCCC[C@@H]1CC[C@H]1[C@@H]3CCC[C@@]3(CS(C)(=O)=O)CC[C@@H]12. The zero-order chi connectivity index (χ0) is 16.3. The minimum Gasteiger partial charge on any atom is -0.229 e. The molecule has 4 aliphatic rings. The molecule has 4 saturated carbocycles. The largest absolute Gasteiger partial charge is 0.229 e. The first-order valence-electron chi connectivity index (χ1n) is 10.0. The van der Waals surface area contributed by atoms with Gasteiger partial charge in [-0.2, -0.15) is 0 Å². The summed E-state index contributed by atoms with van der Waals surface area (Å²) in [6, 6.07) is 0. The van der Waals surface area contributed by atoms with Crippen LogP contribution in [-0.4, -0.2) is 20.4 Å². The lowest BCUT2D eigenvalue weighted by Crippen LogP contribution is -2.53. The molecule has 2 nitrogen and oxygen atoms in total. The van der Waals surface area contributed by atoms with Crippen molar-refractivity contribution in [1.29, 1.82) is 0 Å². The van der Waals surface area contributed by atoms with Crippen LogP contribution in [0.15, 0.2) is 0 Å². The van der Waals surface area contributed by atoms with Crippen LogP contribution in [0.25, 0.3) is 0 Å². The van der Waals surface area contributed by atoms with Gasteiger partial charge in [-0.3, -0.25) is 0 Å². The van der Waals surface area contributed by atoms with Crippen molar-refractivity contribution in [3.8, 4) is 0 Å². The Hall–Kier alpha value is -0.0500. The maximum atomic E-state index is 12.1. The van der Waals surface area contributed by atoms with Crippen molar-refractivity contribution in [1.82, 2.24) is 0 Å². The molecule has 0 amide bonds. The maximum absolute atomic E-state index is 12.1. The van der Waals surface area contributed by atoms with Crippen LogP contribution in [-0.2, 0) is 9.84 Å². The molecule has 23 heavy (non-hydrogen) atoms. The summed E-state index contributed by atoms with van der Waals surface area (Å²) in [6.45, 7) is 2.60.